The molecule has 0 bridgehead atoms. The van der Waals surface area contributed by atoms with Crippen molar-refractivity contribution in [2.24, 2.45) is 0 Å². The predicted molar refractivity (Wildman–Crippen MR) is 76.3 cm³/mol. The molecular weight excluding hydrogens is 256 g/mol. The summed E-state index contributed by atoms with van der Waals surface area (Å²) in [6.45, 7) is 4.39. The maximum atomic E-state index is 11.2. The average Bonchev–Trinajstić information content (AvgIpc) is 2.48. The lowest BCUT2D eigenvalue weighted by Gasteiger charge is -2.30. The normalized spacial score (nSPS) is 16.2. The van der Waals surface area contributed by atoms with Gasteiger partial charge in [0.15, 0.2) is 5.75 Å². The number of hydrogen-bond acceptors (Lipinski definition) is 4. The van der Waals surface area contributed by atoms with E-state index >= 15 is 0 Å². The zero-order valence-electron chi connectivity index (χ0n) is 12.3. The van der Waals surface area contributed by atoms with Crippen LogP contribution < -0.4 is 4.84 Å². The Balaban J connectivity index is 2.03. The van der Waals surface area contributed by atoms with Gasteiger partial charge in [-0.1, -0.05) is 19.1 Å². The van der Waals surface area contributed by atoms with Crippen molar-refractivity contribution >= 4 is 5.91 Å². The SMILES string of the molecule is CCN(C)C(COC)c1ccc(ON2CCC2=O)cc1. The van der Waals surface area contributed by atoms with Crippen LogP contribution in [0.1, 0.15) is 24.9 Å². The largest absolute Gasteiger partial charge is 0.383 e. The number of β-lactam (4-membered cyclic amide) rings is 1. The molecular formula is C15H22N2O3. The maximum Gasteiger partial charge on any atom is 0.257 e. The molecule has 1 aliphatic rings. The number of hydrogen-bond donors (Lipinski definition) is 0. The minimum absolute atomic E-state index is 0.0389. The Bertz CT molecular complexity index is 447. The summed E-state index contributed by atoms with van der Waals surface area (Å²) in [6, 6.07) is 8.06. The lowest BCUT2D eigenvalue weighted by molar-refractivity contribution is -0.174. The first kappa shape index (κ1) is 14.8. The highest BCUT2D eigenvalue weighted by molar-refractivity contribution is 5.80. The Morgan fingerprint density at radius 2 is 2.05 bits per heavy atom. The Hall–Kier alpha value is -1.59. The lowest BCUT2D eigenvalue weighted by atomic mass is 10.1. The number of benzene rings is 1. The van der Waals surface area contributed by atoms with Crippen LogP contribution in [0.25, 0.3) is 0 Å². The Labute approximate surface area is 120 Å². The molecule has 2 rings (SSSR count). The highest BCUT2D eigenvalue weighted by Crippen LogP contribution is 2.23. The molecule has 1 aromatic rings. The summed E-state index contributed by atoms with van der Waals surface area (Å²) in [5.74, 6) is 0.731. The summed E-state index contributed by atoms with van der Waals surface area (Å²) in [5, 5.41) is 1.39. The van der Waals surface area contributed by atoms with Gasteiger partial charge in [-0.25, -0.2) is 0 Å². The number of methoxy groups -OCH3 is 1. The number of hydroxylamine groups is 2. The molecule has 110 valence electrons. The fraction of sp³-hybridized carbons (Fsp3) is 0.533. The van der Waals surface area contributed by atoms with E-state index in [1.165, 1.54) is 10.6 Å². The molecule has 1 amide bonds. The number of nitrogens with zero attached hydrogens (tertiary/aromatic N) is 2. The summed E-state index contributed by atoms with van der Waals surface area (Å²) >= 11 is 0. The zero-order chi connectivity index (χ0) is 14.5. The number of carbonyl (C=O) groups excluding carboxylic acids is 1. The molecule has 1 unspecified atom stereocenters. The number of carbonyl (C=O) groups is 1. The summed E-state index contributed by atoms with van der Waals surface area (Å²) in [4.78, 5) is 18.9. The van der Waals surface area contributed by atoms with Crippen molar-refractivity contribution in [3.63, 3.8) is 0 Å². The van der Waals surface area contributed by atoms with Gasteiger partial charge in [-0.15, -0.1) is 0 Å². The molecule has 1 aromatic carbocycles. The van der Waals surface area contributed by atoms with Crippen LogP contribution >= 0.6 is 0 Å². The molecule has 5 nitrogen and oxygen atoms in total. The van der Waals surface area contributed by atoms with E-state index in [1.54, 1.807) is 7.11 Å². The lowest BCUT2D eigenvalue weighted by Crippen LogP contribution is -2.45. The zero-order valence-corrected chi connectivity index (χ0v) is 12.3. The molecule has 20 heavy (non-hydrogen) atoms. The first-order valence-electron chi connectivity index (χ1n) is 6.93. The van der Waals surface area contributed by atoms with Crippen molar-refractivity contribution in [2.75, 3.05) is 33.9 Å². The maximum absolute atomic E-state index is 11.2. The third kappa shape index (κ3) is 3.29. The van der Waals surface area contributed by atoms with E-state index in [2.05, 4.69) is 18.9 Å². The number of rotatable bonds is 7. The second-order valence-corrected chi connectivity index (χ2v) is 4.95. The number of ether oxygens (including phenoxy) is 1. The third-order valence-electron chi connectivity index (χ3n) is 3.64. The fourth-order valence-corrected chi connectivity index (χ4v) is 2.13. The third-order valence-corrected chi connectivity index (χ3v) is 3.64. The molecule has 1 heterocycles. The van der Waals surface area contributed by atoms with Crippen LogP contribution in [0.4, 0.5) is 0 Å². The number of likely N-dealkylation sites (N-methyl/N-ethyl adjacent to an activating group) is 1. The second-order valence-electron chi connectivity index (χ2n) is 4.95. The highest BCUT2D eigenvalue weighted by atomic mass is 16.7. The molecule has 0 aromatic heterocycles. The van der Waals surface area contributed by atoms with Gasteiger partial charge in [-0.3, -0.25) is 9.69 Å². The molecule has 0 radical (unpaired) electrons. The van der Waals surface area contributed by atoms with Crippen LogP contribution in [0.15, 0.2) is 24.3 Å². The van der Waals surface area contributed by atoms with Crippen LogP contribution in [-0.2, 0) is 9.53 Å². The fourth-order valence-electron chi connectivity index (χ4n) is 2.13. The van der Waals surface area contributed by atoms with Gasteiger partial charge in [0, 0.05) is 7.11 Å². The Kier molecular flexibility index (Phi) is 4.98. The van der Waals surface area contributed by atoms with Gasteiger partial charge in [0.2, 0.25) is 0 Å². The van der Waals surface area contributed by atoms with Crippen molar-refractivity contribution in [1.82, 2.24) is 9.96 Å². The smallest absolute Gasteiger partial charge is 0.257 e. The van der Waals surface area contributed by atoms with E-state index in [9.17, 15) is 4.79 Å². The van der Waals surface area contributed by atoms with Crippen molar-refractivity contribution in [3.05, 3.63) is 29.8 Å². The minimum Gasteiger partial charge on any atom is -0.383 e. The first-order valence-corrected chi connectivity index (χ1v) is 6.93. The van der Waals surface area contributed by atoms with Crippen LogP contribution in [-0.4, -0.2) is 49.7 Å². The number of amides is 1. The van der Waals surface area contributed by atoms with E-state index in [0.717, 1.165) is 6.54 Å². The van der Waals surface area contributed by atoms with Crippen LogP contribution in [0.2, 0.25) is 0 Å². The van der Waals surface area contributed by atoms with E-state index in [1.807, 2.05) is 24.3 Å². The summed E-state index contributed by atoms with van der Waals surface area (Å²) in [6.07, 6.45) is 0.579. The van der Waals surface area contributed by atoms with Gasteiger partial charge in [-0.05, 0) is 31.3 Å². The minimum atomic E-state index is 0.0389. The first-order chi connectivity index (χ1) is 9.65. The van der Waals surface area contributed by atoms with Crippen molar-refractivity contribution in [1.29, 1.82) is 0 Å². The average molecular weight is 278 g/mol. The van der Waals surface area contributed by atoms with Gasteiger partial charge >= 0.3 is 0 Å². The standard InChI is InChI=1S/C15H22N2O3/c1-4-16(2)14(11-19-3)12-5-7-13(8-6-12)20-17-10-9-15(17)18/h5-8,14H,4,9-11H2,1-3H3. The van der Waals surface area contributed by atoms with Gasteiger partial charge in [0.1, 0.15) is 0 Å². The molecule has 0 aliphatic carbocycles. The van der Waals surface area contributed by atoms with Gasteiger partial charge in [0.05, 0.1) is 25.6 Å². The Morgan fingerprint density at radius 3 is 2.50 bits per heavy atom. The van der Waals surface area contributed by atoms with Crippen LogP contribution in [0.5, 0.6) is 5.75 Å². The van der Waals surface area contributed by atoms with Crippen molar-refractivity contribution in [2.45, 2.75) is 19.4 Å². The quantitative estimate of drug-likeness (QED) is 0.714. The monoisotopic (exact) mass is 278 g/mol. The molecule has 1 fully saturated rings. The van der Waals surface area contributed by atoms with Gasteiger partial charge in [0.25, 0.3) is 5.91 Å². The van der Waals surface area contributed by atoms with Crippen LogP contribution in [0.3, 0.4) is 0 Å². The Morgan fingerprint density at radius 1 is 1.35 bits per heavy atom. The predicted octanol–water partition coefficient (Wildman–Crippen LogP) is 1.85. The summed E-state index contributed by atoms with van der Waals surface area (Å²) in [7, 11) is 3.79. The summed E-state index contributed by atoms with van der Waals surface area (Å²) in [5.41, 5.74) is 1.18. The molecule has 0 spiro atoms. The van der Waals surface area contributed by atoms with E-state index in [4.69, 9.17) is 9.57 Å². The van der Waals surface area contributed by atoms with Crippen LogP contribution in [0, 0.1) is 0 Å². The molecule has 1 aliphatic heterocycles. The molecule has 0 saturated carbocycles. The molecule has 1 saturated heterocycles. The van der Waals surface area contributed by atoms with Crippen molar-refractivity contribution < 1.29 is 14.4 Å². The molecule has 5 heteroatoms. The molecule has 0 N–H and O–H groups in total. The van der Waals surface area contributed by atoms with E-state index in [-0.39, 0.29) is 11.9 Å². The van der Waals surface area contributed by atoms with E-state index < -0.39 is 0 Å². The van der Waals surface area contributed by atoms with Gasteiger partial charge < -0.3 is 9.57 Å². The van der Waals surface area contributed by atoms with E-state index in [0.29, 0.717) is 25.3 Å². The van der Waals surface area contributed by atoms with Crippen molar-refractivity contribution in [3.8, 4) is 5.75 Å². The second kappa shape index (κ2) is 6.72. The highest BCUT2D eigenvalue weighted by Gasteiger charge is 2.26. The topological polar surface area (TPSA) is 42.0 Å². The molecule has 1 atom stereocenters. The van der Waals surface area contributed by atoms with Gasteiger partial charge in [-0.2, -0.15) is 5.06 Å². The summed E-state index contributed by atoms with van der Waals surface area (Å²) < 4.78 is 5.29.